The van der Waals surface area contributed by atoms with E-state index in [2.05, 4.69) is 10.6 Å². The van der Waals surface area contributed by atoms with Crippen molar-refractivity contribution in [1.29, 1.82) is 5.26 Å². The Labute approximate surface area is 172 Å². The van der Waals surface area contributed by atoms with E-state index in [1.807, 2.05) is 6.07 Å². The normalized spacial score (nSPS) is 27.1. The number of rotatable bonds is 9. The van der Waals surface area contributed by atoms with E-state index in [1.54, 1.807) is 0 Å². The van der Waals surface area contributed by atoms with E-state index in [0.717, 1.165) is 32.2 Å². The molecule has 2 aliphatic carbocycles. The standard InChI is InChI=1S/C18H23F3N4O4S/c1-25(27)8-2-3-14(25)15(18(19,20)21)23-13(10-30(28,29)9-12-4-5-12)16(26)24-17(11-22)6-7-17/h2-3,8,12-13,15,23H,4-7,9-10H2,1H3,(H,24,26)/t13-,15-,25?/m0/s1. The molecule has 0 aromatic carbocycles. The molecule has 1 aliphatic heterocycles. The Morgan fingerprint density at radius 3 is 2.50 bits per heavy atom. The molecular formula is C18H23F3N4O4S. The lowest BCUT2D eigenvalue weighted by atomic mass is 10.1. The molecule has 0 saturated heterocycles. The lowest BCUT2D eigenvalue weighted by Gasteiger charge is -2.38. The first-order chi connectivity index (χ1) is 13.8. The molecule has 2 saturated carbocycles. The minimum absolute atomic E-state index is 0.0469. The number of quaternary nitrogens is 1. The van der Waals surface area contributed by atoms with Gasteiger partial charge in [0.05, 0.1) is 24.6 Å². The van der Waals surface area contributed by atoms with Crippen LogP contribution in [0.4, 0.5) is 13.2 Å². The molecular weight excluding hydrogens is 425 g/mol. The molecule has 8 nitrogen and oxygen atoms in total. The van der Waals surface area contributed by atoms with Gasteiger partial charge in [0.1, 0.15) is 23.5 Å². The van der Waals surface area contributed by atoms with Crippen molar-refractivity contribution >= 4 is 15.7 Å². The van der Waals surface area contributed by atoms with E-state index in [0.29, 0.717) is 12.8 Å². The zero-order chi connectivity index (χ0) is 22.4. The molecule has 0 bridgehead atoms. The summed E-state index contributed by atoms with van der Waals surface area (Å²) >= 11 is 0. The van der Waals surface area contributed by atoms with Gasteiger partial charge in [0.2, 0.25) is 5.91 Å². The predicted molar refractivity (Wildman–Crippen MR) is 101 cm³/mol. The summed E-state index contributed by atoms with van der Waals surface area (Å²) in [6.07, 6.45) is 0.346. The third kappa shape index (κ3) is 5.40. The largest absolute Gasteiger partial charge is 0.623 e. The SMILES string of the molecule is C[N+]1([O-])C=CC=C1[C@H](N[C@@H](CS(=O)(=O)CC1CC1)C(=O)NC1(C#N)CC1)C(F)(F)F. The van der Waals surface area contributed by atoms with Crippen LogP contribution in [0.5, 0.6) is 0 Å². The Hall–Kier alpha value is -1.94. The molecule has 0 aromatic heterocycles. The number of amides is 1. The van der Waals surface area contributed by atoms with Crippen molar-refractivity contribution in [3.8, 4) is 6.07 Å². The fourth-order valence-electron chi connectivity index (χ4n) is 3.32. The number of nitriles is 1. The van der Waals surface area contributed by atoms with Gasteiger partial charge in [0.15, 0.2) is 15.9 Å². The highest BCUT2D eigenvalue weighted by atomic mass is 32.2. The Balaban J connectivity index is 1.85. The van der Waals surface area contributed by atoms with Crippen molar-refractivity contribution in [2.75, 3.05) is 18.6 Å². The molecule has 0 aromatic rings. The Kier molecular flexibility index (Phi) is 5.79. The van der Waals surface area contributed by atoms with E-state index in [1.165, 1.54) is 6.08 Å². The highest BCUT2D eigenvalue weighted by molar-refractivity contribution is 7.91. The van der Waals surface area contributed by atoms with Crippen LogP contribution < -0.4 is 10.6 Å². The lowest BCUT2D eigenvalue weighted by molar-refractivity contribution is -0.767. The molecule has 1 unspecified atom stereocenters. The fraction of sp³-hybridized carbons (Fsp3) is 0.667. The van der Waals surface area contributed by atoms with Crippen molar-refractivity contribution in [3.63, 3.8) is 0 Å². The summed E-state index contributed by atoms with van der Waals surface area (Å²) in [6, 6.07) is -2.41. The van der Waals surface area contributed by atoms with Gasteiger partial charge in [0, 0.05) is 6.08 Å². The van der Waals surface area contributed by atoms with Crippen LogP contribution in [-0.4, -0.2) is 61.3 Å². The molecule has 1 heterocycles. The van der Waals surface area contributed by atoms with E-state index in [-0.39, 0.29) is 11.7 Å². The average molecular weight is 448 g/mol. The number of nitrogens with one attached hydrogen (secondary N) is 2. The highest BCUT2D eigenvalue weighted by Gasteiger charge is 2.51. The van der Waals surface area contributed by atoms with Gasteiger partial charge in [-0.05, 0) is 37.7 Å². The number of halogens is 3. The van der Waals surface area contributed by atoms with Crippen LogP contribution in [0.2, 0.25) is 0 Å². The third-order valence-corrected chi connectivity index (χ3v) is 7.21. The molecule has 3 atom stereocenters. The first-order valence-corrected chi connectivity index (χ1v) is 11.3. The maximum Gasteiger partial charge on any atom is 0.413 e. The number of hydroxylamine groups is 3. The molecule has 1 amide bonds. The third-order valence-electron chi connectivity index (χ3n) is 5.39. The van der Waals surface area contributed by atoms with Gasteiger partial charge >= 0.3 is 6.18 Å². The summed E-state index contributed by atoms with van der Waals surface area (Å²) in [5, 5.41) is 26.0. The molecule has 2 fully saturated rings. The lowest BCUT2D eigenvalue weighted by Crippen LogP contribution is -2.60. The minimum atomic E-state index is -4.95. The number of nitrogens with zero attached hydrogens (tertiary/aromatic N) is 2. The number of hydrogen-bond donors (Lipinski definition) is 2. The molecule has 3 aliphatic rings. The van der Waals surface area contributed by atoms with E-state index >= 15 is 0 Å². The van der Waals surface area contributed by atoms with Crippen molar-refractivity contribution in [3.05, 3.63) is 29.3 Å². The van der Waals surface area contributed by atoms with Crippen LogP contribution in [0.15, 0.2) is 24.0 Å². The van der Waals surface area contributed by atoms with Gasteiger partial charge in [-0.1, -0.05) is 0 Å². The number of allylic oxidation sites excluding steroid dienone is 2. The number of carbonyl (C=O) groups excluding carboxylic acids is 1. The van der Waals surface area contributed by atoms with Gasteiger partial charge in [-0.3, -0.25) is 10.1 Å². The van der Waals surface area contributed by atoms with Crippen LogP contribution >= 0.6 is 0 Å². The number of hydrogen-bond acceptors (Lipinski definition) is 6. The van der Waals surface area contributed by atoms with E-state index in [9.17, 15) is 31.6 Å². The summed E-state index contributed by atoms with van der Waals surface area (Å²) in [6.45, 7) is 0. The average Bonchev–Trinajstić information content (AvgIpc) is 3.52. The molecule has 30 heavy (non-hydrogen) atoms. The zero-order valence-corrected chi connectivity index (χ0v) is 17.1. The summed E-state index contributed by atoms with van der Waals surface area (Å²) in [7, 11) is -2.84. The van der Waals surface area contributed by atoms with Gasteiger partial charge < -0.3 is 15.2 Å². The number of likely N-dealkylation sites (N-methyl/N-ethyl adjacent to an activating group) is 1. The summed E-state index contributed by atoms with van der Waals surface area (Å²) in [5.74, 6) is -2.12. The molecule has 166 valence electrons. The number of alkyl halides is 3. The molecule has 0 radical (unpaired) electrons. The van der Waals surface area contributed by atoms with Crippen molar-refractivity contribution in [1.82, 2.24) is 10.6 Å². The zero-order valence-electron chi connectivity index (χ0n) is 16.3. The summed E-state index contributed by atoms with van der Waals surface area (Å²) in [4.78, 5) is 12.7. The topological polar surface area (TPSA) is 122 Å². The van der Waals surface area contributed by atoms with Crippen LogP contribution in [0.3, 0.4) is 0 Å². The molecule has 3 rings (SSSR count). The van der Waals surface area contributed by atoms with Crippen LogP contribution in [0.25, 0.3) is 0 Å². The maximum absolute atomic E-state index is 13.8. The molecule has 12 heteroatoms. The van der Waals surface area contributed by atoms with E-state index in [4.69, 9.17) is 5.26 Å². The second-order valence-electron chi connectivity index (χ2n) is 8.32. The van der Waals surface area contributed by atoms with Crippen LogP contribution in [0, 0.1) is 22.5 Å². The number of carbonyl (C=O) groups is 1. The molecule has 2 N–H and O–H groups in total. The van der Waals surface area contributed by atoms with Crippen molar-refractivity contribution in [2.45, 2.75) is 49.5 Å². The van der Waals surface area contributed by atoms with E-state index < -0.39 is 55.6 Å². The summed E-state index contributed by atoms with van der Waals surface area (Å²) < 4.78 is 64.9. The van der Waals surface area contributed by atoms with Gasteiger partial charge in [-0.15, -0.1) is 0 Å². The maximum atomic E-state index is 13.8. The molecule has 0 spiro atoms. The quantitative estimate of drug-likeness (QED) is 0.404. The van der Waals surface area contributed by atoms with Gasteiger partial charge in [-0.2, -0.15) is 18.4 Å². The first kappa shape index (κ1) is 22.7. The minimum Gasteiger partial charge on any atom is -0.623 e. The highest BCUT2D eigenvalue weighted by Crippen LogP contribution is 2.36. The Morgan fingerprint density at radius 2 is 2.07 bits per heavy atom. The number of sulfone groups is 1. The Bertz CT molecular complexity index is 913. The first-order valence-electron chi connectivity index (χ1n) is 9.51. The smallest absolute Gasteiger partial charge is 0.413 e. The van der Waals surface area contributed by atoms with Gasteiger partial charge in [0.25, 0.3) is 0 Å². The van der Waals surface area contributed by atoms with Crippen molar-refractivity contribution < 1.29 is 31.0 Å². The predicted octanol–water partition coefficient (Wildman–Crippen LogP) is 1.23. The second kappa shape index (κ2) is 7.64. The second-order valence-corrected chi connectivity index (χ2v) is 10.5. The summed E-state index contributed by atoms with van der Waals surface area (Å²) in [5.41, 5.74) is -1.79. The van der Waals surface area contributed by atoms with Gasteiger partial charge in [-0.25, -0.2) is 8.42 Å². The van der Waals surface area contributed by atoms with Crippen molar-refractivity contribution in [2.24, 2.45) is 5.92 Å². The van der Waals surface area contributed by atoms with Crippen LogP contribution in [-0.2, 0) is 14.6 Å². The fourth-order valence-corrected chi connectivity index (χ4v) is 5.26. The Morgan fingerprint density at radius 1 is 1.43 bits per heavy atom. The monoisotopic (exact) mass is 448 g/mol. The van der Waals surface area contributed by atoms with Crippen LogP contribution in [0.1, 0.15) is 25.7 Å².